The van der Waals surface area contributed by atoms with Crippen LogP contribution in [-0.2, 0) is 13.0 Å². The molecule has 2 nitrogen and oxygen atoms in total. The average Bonchev–Trinajstić information content (AvgIpc) is 2.95. The maximum Gasteiger partial charge on any atom is 0.120 e. The van der Waals surface area contributed by atoms with Gasteiger partial charge in [0.15, 0.2) is 0 Å². The van der Waals surface area contributed by atoms with Crippen LogP contribution >= 0.6 is 11.6 Å². The first-order valence-corrected chi connectivity index (χ1v) is 9.03. The van der Waals surface area contributed by atoms with E-state index in [1.165, 1.54) is 16.6 Å². The standard InChI is InChI=1S/C21H24ClNO/c1-3-18-14-17-8-4-5-9-21(17)23(18)12-6-7-13-24-19-11-10-16(2)20(22)15-19/h4-5,8-11,14-15H,3,6-7,12-13H2,1-2H3. The number of para-hydroxylation sites is 1. The number of hydrogen-bond acceptors (Lipinski definition) is 1. The summed E-state index contributed by atoms with van der Waals surface area (Å²) in [5, 5.41) is 2.10. The molecule has 0 saturated carbocycles. The minimum Gasteiger partial charge on any atom is -0.494 e. The fourth-order valence-electron chi connectivity index (χ4n) is 3.05. The molecule has 0 atom stereocenters. The summed E-state index contributed by atoms with van der Waals surface area (Å²) in [6, 6.07) is 16.8. The molecule has 0 aliphatic carbocycles. The highest BCUT2D eigenvalue weighted by Crippen LogP contribution is 2.23. The van der Waals surface area contributed by atoms with Crippen molar-refractivity contribution in [2.75, 3.05) is 6.61 Å². The lowest BCUT2D eigenvalue weighted by Crippen LogP contribution is -2.05. The van der Waals surface area contributed by atoms with Gasteiger partial charge in [0, 0.05) is 22.8 Å². The Labute approximate surface area is 149 Å². The number of halogens is 1. The summed E-state index contributed by atoms with van der Waals surface area (Å²) in [6.07, 6.45) is 3.19. The van der Waals surface area contributed by atoms with Crippen molar-refractivity contribution in [3.63, 3.8) is 0 Å². The van der Waals surface area contributed by atoms with E-state index < -0.39 is 0 Å². The zero-order chi connectivity index (χ0) is 16.9. The molecule has 0 amide bonds. The van der Waals surface area contributed by atoms with Crippen LogP contribution in [0.2, 0.25) is 5.02 Å². The molecule has 3 heteroatoms. The molecule has 0 bridgehead atoms. The number of hydrogen-bond donors (Lipinski definition) is 0. The van der Waals surface area contributed by atoms with Crippen LogP contribution in [0.4, 0.5) is 0 Å². The van der Waals surface area contributed by atoms with Gasteiger partial charge in [0.1, 0.15) is 5.75 Å². The van der Waals surface area contributed by atoms with Crippen molar-refractivity contribution in [1.82, 2.24) is 4.57 Å². The Balaban J connectivity index is 1.54. The Bertz CT molecular complexity index is 822. The van der Waals surface area contributed by atoms with Gasteiger partial charge >= 0.3 is 0 Å². The van der Waals surface area contributed by atoms with Crippen molar-refractivity contribution in [3.8, 4) is 5.75 Å². The fraction of sp³-hybridized carbons (Fsp3) is 0.333. The summed E-state index contributed by atoms with van der Waals surface area (Å²) in [5.41, 5.74) is 3.82. The Kier molecular flexibility index (Phi) is 5.47. The summed E-state index contributed by atoms with van der Waals surface area (Å²) >= 11 is 6.13. The number of aromatic nitrogens is 1. The van der Waals surface area contributed by atoms with Gasteiger partial charge in [-0.3, -0.25) is 0 Å². The van der Waals surface area contributed by atoms with E-state index in [9.17, 15) is 0 Å². The zero-order valence-corrected chi connectivity index (χ0v) is 15.1. The van der Waals surface area contributed by atoms with E-state index in [1.54, 1.807) is 0 Å². The number of unbranched alkanes of at least 4 members (excludes halogenated alkanes) is 1. The molecule has 0 radical (unpaired) electrons. The Morgan fingerprint density at radius 2 is 1.88 bits per heavy atom. The van der Waals surface area contributed by atoms with Crippen LogP contribution < -0.4 is 4.74 Å². The number of rotatable bonds is 7. The van der Waals surface area contributed by atoms with Crippen LogP contribution in [0.1, 0.15) is 31.0 Å². The van der Waals surface area contributed by atoms with E-state index in [2.05, 4.69) is 41.8 Å². The van der Waals surface area contributed by atoms with Gasteiger partial charge in [0.25, 0.3) is 0 Å². The first kappa shape index (κ1) is 16.9. The van der Waals surface area contributed by atoms with Gasteiger partial charge in [0.05, 0.1) is 6.61 Å². The third-order valence-corrected chi connectivity index (χ3v) is 4.85. The van der Waals surface area contributed by atoms with Gasteiger partial charge < -0.3 is 9.30 Å². The monoisotopic (exact) mass is 341 g/mol. The molecule has 0 aliphatic heterocycles. The molecule has 24 heavy (non-hydrogen) atoms. The second-order valence-electron chi connectivity index (χ2n) is 6.17. The van der Waals surface area contributed by atoms with Gasteiger partial charge in [-0.25, -0.2) is 0 Å². The maximum atomic E-state index is 6.13. The van der Waals surface area contributed by atoms with E-state index in [0.717, 1.165) is 48.7 Å². The van der Waals surface area contributed by atoms with Crippen LogP contribution in [0.15, 0.2) is 48.5 Å². The smallest absolute Gasteiger partial charge is 0.120 e. The molecule has 2 aromatic carbocycles. The second kappa shape index (κ2) is 7.76. The van der Waals surface area contributed by atoms with E-state index in [0.29, 0.717) is 0 Å². The number of fused-ring (bicyclic) bond motifs is 1. The predicted octanol–water partition coefficient (Wildman–Crippen LogP) is 6.02. The summed E-state index contributed by atoms with van der Waals surface area (Å²) in [7, 11) is 0. The van der Waals surface area contributed by atoms with Crippen molar-refractivity contribution < 1.29 is 4.74 Å². The van der Waals surface area contributed by atoms with E-state index >= 15 is 0 Å². The second-order valence-corrected chi connectivity index (χ2v) is 6.57. The summed E-state index contributed by atoms with van der Waals surface area (Å²) in [5.74, 6) is 0.853. The van der Waals surface area contributed by atoms with Crippen molar-refractivity contribution in [1.29, 1.82) is 0 Å². The molecule has 3 aromatic rings. The molecule has 0 spiro atoms. The minimum absolute atomic E-state index is 0.722. The Morgan fingerprint density at radius 3 is 2.67 bits per heavy atom. The van der Waals surface area contributed by atoms with Gasteiger partial charge in [-0.1, -0.05) is 42.8 Å². The van der Waals surface area contributed by atoms with Gasteiger partial charge in [0.2, 0.25) is 0 Å². The highest BCUT2D eigenvalue weighted by atomic mass is 35.5. The molecule has 126 valence electrons. The Morgan fingerprint density at radius 1 is 1.04 bits per heavy atom. The first-order chi connectivity index (χ1) is 11.7. The van der Waals surface area contributed by atoms with Crippen molar-refractivity contribution in [2.24, 2.45) is 0 Å². The third kappa shape index (κ3) is 3.76. The van der Waals surface area contributed by atoms with Gasteiger partial charge in [-0.05, 0) is 61.4 Å². The first-order valence-electron chi connectivity index (χ1n) is 8.65. The lowest BCUT2D eigenvalue weighted by molar-refractivity contribution is 0.303. The lowest BCUT2D eigenvalue weighted by atomic mass is 10.2. The number of nitrogens with zero attached hydrogens (tertiary/aromatic N) is 1. The lowest BCUT2D eigenvalue weighted by Gasteiger charge is -2.11. The molecule has 0 aliphatic rings. The van der Waals surface area contributed by atoms with Gasteiger partial charge in [-0.15, -0.1) is 0 Å². The largest absolute Gasteiger partial charge is 0.494 e. The van der Waals surface area contributed by atoms with Crippen LogP contribution in [0.5, 0.6) is 5.75 Å². The highest BCUT2D eigenvalue weighted by molar-refractivity contribution is 6.31. The van der Waals surface area contributed by atoms with Crippen molar-refractivity contribution in [3.05, 3.63) is 64.8 Å². The zero-order valence-electron chi connectivity index (χ0n) is 14.4. The quantitative estimate of drug-likeness (QED) is 0.479. The molecule has 1 aromatic heterocycles. The molecular weight excluding hydrogens is 318 g/mol. The van der Waals surface area contributed by atoms with E-state index in [4.69, 9.17) is 16.3 Å². The molecule has 3 rings (SSSR count). The topological polar surface area (TPSA) is 14.2 Å². The van der Waals surface area contributed by atoms with Crippen LogP contribution in [-0.4, -0.2) is 11.2 Å². The average molecular weight is 342 g/mol. The number of aryl methyl sites for hydroxylation is 3. The van der Waals surface area contributed by atoms with Crippen LogP contribution in [0.25, 0.3) is 10.9 Å². The Hall–Kier alpha value is -1.93. The maximum absolute atomic E-state index is 6.13. The summed E-state index contributed by atoms with van der Waals surface area (Å²) in [4.78, 5) is 0. The normalized spacial score (nSPS) is 11.1. The fourth-order valence-corrected chi connectivity index (χ4v) is 3.22. The molecule has 0 saturated heterocycles. The molecular formula is C21H24ClNO. The van der Waals surface area contributed by atoms with Crippen molar-refractivity contribution >= 4 is 22.5 Å². The third-order valence-electron chi connectivity index (χ3n) is 4.45. The summed E-state index contributed by atoms with van der Waals surface area (Å²) in [6.45, 7) is 5.97. The van der Waals surface area contributed by atoms with E-state index in [-0.39, 0.29) is 0 Å². The SMILES string of the molecule is CCc1cc2ccccc2n1CCCCOc1ccc(C)c(Cl)c1. The van der Waals surface area contributed by atoms with Gasteiger partial charge in [-0.2, -0.15) is 0 Å². The molecule has 0 N–H and O–H groups in total. The number of benzene rings is 2. The predicted molar refractivity (Wildman–Crippen MR) is 102 cm³/mol. The molecule has 0 unspecified atom stereocenters. The van der Waals surface area contributed by atoms with Crippen LogP contribution in [0.3, 0.4) is 0 Å². The molecule has 0 fully saturated rings. The van der Waals surface area contributed by atoms with Crippen LogP contribution in [0, 0.1) is 6.92 Å². The summed E-state index contributed by atoms with van der Waals surface area (Å²) < 4.78 is 8.25. The number of ether oxygens (including phenoxy) is 1. The van der Waals surface area contributed by atoms with E-state index in [1.807, 2.05) is 25.1 Å². The van der Waals surface area contributed by atoms with Crippen molar-refractivity contribution in [2.45, 2.75) is 39.7 Å². The molecule has 1 heterocycles. The minimum atomic E-state index is 0.722. The highest BCUT2D eigenvalue weighted by Gasteiger charge is 2.06.